The number of hydrogen-bond donors (Lipinski definition) is 2. The summed E-state index contributed by atoms with van der Waals surface area (Å²) in [7, 11) is -3.76. The highest BCUT2D eigenvalue weighted by Crippen LogP contribution is 2.16. The highest BCUT2D eigenvalue weighted by molar-refractivity contribution is 7.89. The van der Waals surface area contributed by atoms with Crippen LogP contribution in [-0.2, 0) is 23.0 Å². The van der Waals surface area contributed by atoms with Gasteiger partial charge >= 0.3 is 0 Å². The second-order valence-electron chi connectivity index (χ2n) is 6.37. The van der Waals surface area contributed by atoms with Crippen LogP contribution in [0.5, 0.6) is 0 Å². The smallest absolute Gasteiger partial charge is 0.251 e. The number of carbonyl (C=O) groups excluding carboxylic acids is 1. The lowest BCUT2D eigenvalue weighted by Gasteiger charge is -2.11. The van der Waals surface area contributed by atoms with E-state index in [9.17, 15) is 13.2 Å². The van der Waals surface area contributed by atoms with Gasteiger partial charge in [-0.3, -0.25) is 4.79 Å². The van der Waals surface area contributed by atoms with Crippen molar-refractivity contribution in [1.82, 2.24) is 10.0 Å². The zero-order chi connectivity index (χ0) is 20.0. The quantitative estimate of drug-likeness (QED) is 0.610. The molecule has 0 saturated heterocycles. The summed E-state index contributed by atoms with van der Waals surface area (Å²) in [4.78, 5) is 12.6. The highest BCUT2D eigenvalue weighted by atomic mass is 32.2. The number of aryl methyl sites for hydroxylation is 1. The van der Waals surface area contributed by atoms with E-state index in [0.29, 0.717) is 29.9 Å². The van der Waals surface area contributed by atoms with Crippen LogP contribution in [-0.4, -0.2) is 20.9 Å². The molecular formula is C21H22N2O4S. The van der Waals surface area contributed by atoms with Crippen molar-refractivity contribution in [2.45, 2.75) is 24.8 Å². The first-order valence-corrected chi connectivity index (χ1v) is 10.4. The average Bonchev–Trinajstić information content (AvgIpc) is 3.21. The van der Waals surface area contributed by atoms with Gasteiger partial charge in [0, 0.05) is 12.1 Å². The maximum atomic E-state index is 12.5. The Hall–Kier alpha value is -2.90. The SMILES string of the molecule is Cc1ccc(S(=O)(=O)NCc2ccco2)cc1C(=O)NCCc1ccccc1. The number of rotatable bonds is 8. The monoisotopic (exact) mass is 398 g/mol. The van der Waals surface area contributed by atoms with Crippen LogP contribution in [0.4, 0.5) is 0 Å². The summed E-state index contributed by atoms with van der Waals surface area (Å²) in [5.74, 6) is 0.214. The molecule has 0 unspecified atom stereocenters. The summed E-state index contributed by atoms with van der Waals surface area (Å²) in [6.45, 7) is 2.29. The molecule has 28 heavy (non-hydrogen) atoms. The van der Waals surface area contributed by atoms with Gasteiger partial charge < -0.3 is 9.73 Å². The summed E-state index contributed by atoms with van der Waals surface area (Å²) in [6.07, 6.45) is 2.18. The van der Waals surface area contributed by atoms with E-state index in [0.717, 1.165) is 5.56 Å². The Labute approximate surface area is 164 Å². The second-order valence-corrected chi connectivity index (χ2v) is 8.14. The Balaban J connectivity index is 1.67. The van der Waals surface area contributed by atoms with Crippen molar-refractivity contribution in [1.29, 1.82) is 0 Å². The molecule has 0 aliphatic rings. The number of carbonyl (C=O) groups is 1. The van der Waals surface area contributed by atoms with Crippen LogP contribution < -0.4 is 10.0 Å². The first kappa shape index (κ1) is 19.9. The fourth-order valence-corrected chi connectivity index (χ4v) is 3.75. The van der Waals surface area contributed by atoms with Crippen LogP contribution in [0.2, 0.25) is 0 Å². The molecule has 3 rings (SSSR count). The molecule has 0 atom stereocenters. The highest BCUT2D eigenvalue weighted by Gasteiger charge is 2.18. The van der Waals surface area contributed by atoms with Gasteiger partial charge in [-0.2, -0.15) is 0 Å². The largest absolute Gasteiger partial charge is 0.468 e. The number of sulfonamides is 1. The molecule has 1 amide bonds. The van der Waals surface area contributed by atoms with Crippen molar-refractivity contribution in [2.75, 3.05) is 6.54 Å². The van der Waals surface area contributed by atoms with Gasteiger partial charge in [-0.15, -0.1) is 0 Å². The van der Waals surface area contributed by atoms with Gasteiger partial charge in [0.2, 0.25) is 10.0 Å². The van der Waals surface area contributed by atoms with E-state index in [-0.39, 0.29) is 17.3 Å². The van der Waals surface area contributed by atoms with E-state index in [1.807, 2.05) is 30.3 Å². The molecule has 1 heterocycles. The third-order valence-corrected chi connectivity index (χ3v) is 5.72. The van der Waals surface area contributed by atoms with Crippen LogP contribution in [0.3, 0.4) is 0 Å². The van der Waals surface area contributed by atoms with E-state index in [2.05, 4.69) is 10.0 Å². The van der Waals surface area contributed by atoms with Gasteiger partial charge in [-0.25, -0.2) is 13.1 Å². The molecule has 6 nitrogen and oxygen atoms in total. The van der Waals surface area contributed by atoms with Gasteiger partial charge in [-0.1, -0.05) is 36.4 Å². The molecule has 0 fully saturated rings. The van der Waals surface area contributed by atoms with Crippen molar-refractivity contribution in [3.8, 4) is 0 Å². The Morgan fingerprint density at radius 1 is 1.04 bits per heavy atom. The minimum Gasteiger partial charge on any atom is -0.468 e. The molecule has 0 saturated carbocycles. The first-order valence-electron chi connectivity index (χ1n) is 8.90. The minimum atomic E-state index is -3.76. The summed E-state index contributed by atoms with van der Waals surface area (Å²) in [5, 5.41) is 2.85. The Morgan fingerprint density at radius 3 is 2.54 bits per heavy atom. The Morgan fingerprint density at radius 2 is 1.82 bits per heavy atom. The molecule has 0 spiro atoms. The first-order chi connectivity index (χ1) is 13.5. The van der Waals surface area contributed by atoms with E-state index in [1.54, 1.807) is 25.1 Å². The summed E-state index contributed by atoms with van der Waals surface area (Å²) in [5.41, 5.74) is 2.18. The predicted molar refractivity (Wildman–Crippen MR) is 106 cm³/mol. The molecule has 2 aromatic carbocycles. The molecule has 0 aliphatic carbocycles. The van der Waals surface area contributed by atoms with Gasteiger partial charge in [-0.05, 0) is 48.7 Å². The lowest BCUT2D eigenvalue weighted by atomic mass is 10.1. The molecular weight excluding hydrogens is 376 g/mol. The zero-order valence-corrected chi connectivity index (χ0v) is 16.3. The molecule has 3 aromatic rings. The molecule has 0 radical (unpaired) electrons. The van der Waals surface area contributed by atoms with Crippen LogP contribution in [0.25, 0.3) is 0 Å². The Bertz CT molecular complexity index is 1030. The van der Waals surface area contributed by atoms with E-state index in [4.69, 9.17) is 4.42 Å². The lowest BCUT2D eigenvalue weighted by Crippen LogP contribution is -2.27. The topological polar surface area (TPSA) is 88.4 Å². The number of benzene rings is 2. The standard InChI is InChI=1S/C21H22N2O4S/c1-16-9-10-19(28(25,26)23-15-18-8-5-13-27-18)14-20(16)21(24)22-12-11-17-6-3-2-4-7-17/h2-10,13-14,23H,11-12,15H2,1H3,(H,22,24). The van der Waals surface area contributed by atoms with E-state index >= 15 is 0 Å². The summed E-state index contributed by atoms with van der Waals surface area (Å²) in [6, 6.07) is 17.7. The van der Waals surface area contributed by atoms with E-state index < -0.39 is 10.0 Å². The van der Waals surface area contributed by atoms with Gasteiger partial charge in [0.25, 0.3) is 5.91 Å². The number of hydrogen-bond acceptors (Lipinski definition) is 4. The van der Waals surface area contributed by atoms with Crippen molar-refractivity contribution < 1.29 is 17.6 Å². The van der Waals surface area contributed by atoms with Crippen LogP contribution >= 0.6 is 0 Å². The predicted octanol–water partition coefficient (Wildman–Crippen LogP) is 3.04. The average molecular weight is 398 g/mol. The molecule has 0 aliphatic heterocycles. The van der Waals surface area contributed by atoms with E-state index in [1.165, 1.54) is 18.4 Å². The molecule has 2 N–H and O–H groups in total. The van der Waals surface area contributed by atoms with Gasteiger partial charge in [0.15, 0.2) is 0 Å². The van der Waals surface area contributed by atoms with Crippen LogP contribution in [0, 0.1) is 6.92 Å². The fourth-order valence-electron chi connectivity index (χ4n) is 2.74. The molecule has 146 valence electrons. The van der Waals surface area contributed by atoms with Crippen LogP contribution in [0.1, 0.15) is 27.2 Å². The summed E-state index contributed by atoms with van der Waals surface area (Å²) < 4.78 is 32.7. The molecule has 1 aromatic heterocycles. The minimum absolute atomic E-state index is 0.0397. The third-order valence-electron chi connectivity index (χ3n) is 4.32. The normalized spacial score (nSPS) is 11.3. The molecule has 0 bridgehead atoms. The number of nitrogens with one attached hydrogen (secondary N) is 2. The van der Waals surface area contributed by atoms with Crippen molar-refractivity contribution in [3.05, 3.63) is 89.4 Å². The number of amides is 1. The maximum absolute atomic E-state index is 12.5. The summed E-state index contributed by atoms with van der Waals surface area (Å²) >= 11 is 0. The zero-order valence-electron chi connectivity index (χ0n) is 15.5. The van der Waals surface area contributed by atoms with Crippen molar-refractivity contribution >= 4 is 15.9 Å². The second kappa shape index (κ2) is 8.86. The van der Waals surface area contributed by atoms with Crippen molar-refractivity contribution in [2.24, 2.45) is 0 Å². The van der Waals surface area contributed by atoms with Gasteiger partial charge in [0.05, 0.1) is 17.7 Å². The van der Waals surface area contributed by atoms with Gasteiger partial charge in [0.1, 0.15) is 5.76 Å². The molecule has 7 heteroatoms. The lowest BCUT2D eigenvalue weighted by molar-refractivity contribution is 0.0953. The number of furan rings is 1. The van der Waals surface area contributed by atoms with Crippen LogP contribution in [0.15, 0.2) is 76.2 Å². The Kier molecular flexibility index (Phi) is 6.28. The van der Waals surface area contributed by atoms with Crippen molar-refractivity contribution in [3.63, 3.8) is 0 Å². The fraction of sp³-hybridized carbons (Fsp3) is 0.190. The maximum Gasteiger partial charge on any atom is 0.251 e. The third kappa shape index (κ3) is 5.09.